The Bertz CT molecular complexity index is 532. The van der Waals surface area contributed by atoms with Gasteiger partial charge in [0.05, 0.1) is 18.2 Å². The highest BCUT2D eigenvalue weighted by Crippen LogP contribution is 2.21. The van der Waals surface area contributed by atoms with Gasteiger partial charge in [0, 0.05) is 19.2 Å². The third-order valence-electron chi connectivity index (χ3n) is 3.57. The maximum Gasteiger partial charge on any atom is 0.335 e. The molecular weight excluding hydrogens is 294 g/mol. The largest absolute Gasteiger partial charge is 0.478 e. The number of carboxylic acids is 1. The molecule has 1 aromatic rings. The highest BCUT2D eigenvalue weighted by molar-refractivity contribution is 5.98. The van der Waals surface area contributed by atoms with Crippen molar-refractivity contribution in [2.75, 3.05) is 20.3 Å². The molecule has 0 aliphatic carbocycles. The summed E-state index contributed by atoms with van der Waals surface area (Å²) in [5.41, 5.74) is 1.36. The number of aryl methyl sites for hydroxylation is 1. The summed E-state index contributed by atoms with van der Waals surface area (Å²) in [4.78, 5) is 25.4. The number of ether oxygens (including phenoxy) is 1. The fraction of sp³-hybridized carbons (Fsp3) is 0.467. The second-order valence-corrected chi connectivity index (χ2v) is 5.14. The van der Waals surface area contributed by atoms with Crippen molar-refractivity contribution >= 4 is 24.3 Å². The summed E-state index contributed by atoms with van der Waals surface area (Å²) in [6.45, 7) is 3.01. The summed E-state index contributed by atoms with van der Waals surface area (Å²) in [5.74, 6) is -1.13. The van der Waals surface area contributed by atoms with E-state index in [2.05, 4.69) is 0 Å². The Morgan fingerprint density at radius 2 is 2.00 bits per heavy atom. The van der Waals surface area contributed by atoms with Crippen LogP contribution in [-0.4, -0.2) is 48.2 Å². The van der Waals surface area contributed by atoms with Crippen LogP contribution < -0.4 is 0 Å². The Labute approximate surface area is 130 Å². The van der Waals surface area contributed by atoms with E-state index >= 15 is 0 Å². The number of methoxy groups -OCH3 is 1. The van der Waals surface area contributed by atoms with Crippen LogP contribution in [0.2, 0.25) is 0 Å². The molecule has 1 aromatic carbocycles. The molecule has 1 saturated heterocycles. The summed E-state index contributed by atoms with van der Waals surface area (Å²) in [6, 6.07) is 4.83. The number of carboxylic acid groups (broad SMARTS) is 1. The van der Waals surface area contributed by atoms with Crippen molar-refractivity contribution in [3.05, 3.63) is 34.9 Å². The molecule has 1 N–H and O–H groups in total. The quantitative estimate of drug-likeness (QED) is 0.926. The number of benzene rings is 1. The predicted molar refractivity (Wildman–Crippen MR) is 81.3 cm³/mol. The van der Waals surface area contributed by atoms with E-state index in [1.54, 1.807) is 31.1 Å². The van der Waals surface area contributed by atoms with E-state index in [1.165, 1.54) is 6.07 Å². The number of halogens is 1. The van der Waals surface area contributed by atoms with Crippen LogP contribution in [0.5, 0.6) is 0 Å². The van der Waals surface area contributed by atoms with Gasteiger partial charge in [0.15, 0.2) is 0 Å². The summed E-state index contributed by atoms with van der Waals surface area (Å²) in [5, 5.41) is 9.07. The van der Waals surface area contributed by atoms with E-state index < -0.39 is 5.97 Å². The van der Waals surface area contributed by atoms with E-state index in [-0.39, 0.29) is 29.9 Å². The third-order valence-corrected chi connectivity index (χ3v) is 3.57. The Hall–Kier alpha value is -1.59. The predicted octanol–water partition coefficient (Wildman–Crippen LogP) is 2.37. The number of nitrogens with zero attached hydrogens (tertiary/aromatic N) is 1. The molecule has 0 saturated carbocycles. The van der Waals surface area contributed by atoms with E-state index in [0.717, 1.165) is 18.4 Å². The minimum absolute atomic E-state index is 0. The van der Waals surface area contributed by atoms with Gasteiger partial charge in [-0.05, 0) is 43.5 Å². The minimum atomic E-state index is -1.02. The van der Waals surface area contributed by atoms with Gasteiger partial charge in [-0.1, -0.05) is 0 Å². The van der Waals surface area contributed by atoms with Crippen LogP contribution in [0.3, 0.4) is 0 Å². The molecule has 5 nitrogen and oxygen atoms in total. The second-order valence-electron chi connectivity index (χ2n) is 5.14. The fourth-order valence-corrected chi connectivity index (χ4v) is 2.66. The lowest BCUT2D eigenvalue weighted by molar-refractivity contribution is 0.0630. The number of amides is 1. The number of hydrogen-bond donors (Lipinski definition) is 1. The molecule has 1 aliphatic rings. The molecular formula is C15H20ClNO4. The lowest BCUT2D eigenvalue weighted by atomic mass is 10.1. The molecule has 0 aromatic heterocycles. The molecule has 0 radical (unpaired) electrons. The molecule has 21 heavy (non-hydrogen) atoms. The normalized spacial score (nSPS) is 17.4. The summed E-state index contributed by atoms with van der Waals surface area (Å²) in [7, 11) is 1.62. The van der Waals surface area contributed by atoms with Gasteiger partial charge >= 0.3 is 5.97 Å². The molecule has 0 unspecified atom stereocenters. The summed E-state index contributed by atoms with van der Waals surface area (Å²) >= 11 is 0. The first-order chi connectivity index (χ1) is 9.52. The number of aromatic carboxylic acids is 1. The van der Waals surface area contributed by atoms with Gasteiger partial charge < -0.3 is 14.7 Å². The lowest BCUT2D eigenvalue weighted by Gasteiger charge is -2.24. The van der Waals surface area contributed by atoms with Gasteiger partial charge in [-0.3, -0.25) is 4.79 Å². The topological polar surface area (TPSA) is 66.8 Å². The number of carbonyl (C=O) groups excluding carboxylic acids is 1. The zero-order valence-electron chi connectivity index (χ0n) is 12.2. The SMILES string of the molecule is COC[C@@H]1CCCN1C(=O)c1cc(C)cc(C(=O)O)c1.Cl. The van der Waals surface area contributed by atoms with Crippen molar-refractivity contribution in [3.63, 3.8) is 0 Å². The first-order valence-electron chi connectivity index (χ1n) is 6.68. The van der Waals surface area contributed by atoms with Gasteiger partial charge in [-0.15, -0.1) is 12.4 Å². The molecule has 1 aliphatic heterocycles. The minimum Gasteiger partial charge on any atom is -0.478 e. The molecule has 0 bridgehead atoms. The Balaban J connectivity index is 0.00000220. The smallest absolute Gasteiger partial charge is 0.335 e. The van der Waals surface area contributed by atoms with Crippen LogP contribution in [-0.2, 0) is 4.74 Å². The first-order valence-corrected chi connectivity index (χ1v) is 6.68. The van der Waals surface area contributed by atoms with Crippen LogP contribution in [0.4, 0.5) is 0 Å². The van der Waals surface area contributed by atoms with Crippen molar-refractivity contribution < 1.29 is 19.4 Å². The molecule has 0 spiro atoms. The lowest BCUT2D eigenvalue weighted by Crippen LogP contribution is -2.38. The highest BCUT2D eigenvalue weighted by atomic mass is 35.5. The second kappa shape index (κ2) is 7.43. The molecule has 116 valence electrons. The van der Waals surface area contributed by atoms with Crippen LogP contribution >= 0.6 is 12.4 Å². The first kappa shape index (κ1) is 17.5. The van der Waals surface area contributed by atoms with Crippen LogP contribution in [0, 0.1) is 6.92 Å². The van der Waals surface area contributed by atoms with E-state index in [4.69, 9.17) is 9.84 Å². The van der Waals surface area contributed by atoms with Gasteiger partial charge in [0.25, 0.3) is 5.91 Å². The zero-order chi connectivity index (χ0) is 14.7. The standard InChI is InChI=1S/C15H19NO4.ClH/c1-10-6-11(8-12(7-10)15(18)19)14(17)16-5-3-4-13(16)9-20-2;/h6-8,13H,3-5,9H2,1-2H3,(H,18,19);1H/t13-;/m0./s1. The molecule has 1 atom stereocenters. The molecule has 1 heterocycles. The Morgan fingerprint density at radius 3 is 2.62 bits per heavy atom. The molecule has 6 heteroatoms. The van der Waals surface area contributed by atoms with Crippen molar-refractivity contribution in [2.24, 2.45) is 0 Å². The number of hydrogen-bond acceptors (Lipinski definition) is 3. The number of rotatable bonds is 4. The monoisotopic (exact) mass is 313 g/mol. The molecule has 1 fully saturated rings. The van der Waals surface area contributed by atoms with Crippen LogP contribution in [0.15, 0.2) is 18.2 Å². The van der Waals surface area contributed by atoms with Gasteiger partial charge in [0.1, 0.15) is 0 Å². The van der Waals surface area contributed by atoms with Gasteiger partial charge in [0.2, 0.25) is 0 Å². The Kier molecular flexibility index (Phi) is 6.18. The molecule has 1 amide bonds. The van der Waals surface area contributed by atoms with E-state index in [1.807, 2.05) is 0 Å². The van der Waals surface area contributed by atoms with E-state index in [9.17, 15) is 9.59 Å². The number of carbonyl (C=O) groups is 2. The van der Waals surface area contributed by atoms with Crippen LogP contribution in [0.1, 0.15) is 39.1 Å². The average Bonchev–Trinajstić information content (AvgIpc) is 2.85. The third kappa shape index (κ3) is 3.95. The Morgan fingerprint density at radius 1 is 1.33 bits per heavy atom. The van der Waals surface area contributed by atoms with Crippen LogP contribution in [0.25, 0.3) is 0 Å². The maximum absolute atomic E-state index is 12.5. The average molecular weight is 314 g/mol. The highest BCUT2D eigenvalue weighted by Gasteiger charge is 2.29. The summed E-state index contributed by atoms with van der Waals surface area (Å²) in [6.07, 6.45) is 1.88. The number of likely N-dealkylation sites (tertiary alicyclic amines) is 1. The van der Waals surface area contributed by atoms with Crippen molar-refractivity contribution in [2.45, 2.75) is 25.8 Å². The van der Waals surface area contributed by atoms with Gasteiger partial charge in [-0.25, -0.2) is 4.79 Å². The molecule has 2 rings (SSSR count). The van der Waals surface area contributed by atoms with E-state index in [0.29, 0.717) is 18.7 Å². The fourth-order valence-electron chi connectivity index (χ4n) is 2.66. The van der Waals surface area contributed by atoms with Crippen molar-refractivity contribution in [3.8, 4) is 0 Å². The van der Waals surface area contributed by atoms with Crippen molar-refractivity contribution in [1.29, 1.82) is 0 Å². The zero-order valence-corrected chi connectivity index (χ0v) is 13.0. The summed E-state index contributed by atoms with van der Waals surface area (Å²) < 4.78 is 5.14. The van der Waals surface area contributed by atoms with Crippen molar-refractivity contribution in [1.82, 2.24) is 4.90 Å². The maximum atomic E-state index is 12.5. The van der Waals surface area contributed by atoms with Gasteiger partial charge in [-0.2, -0.15) is 0 Å².